The normalized spacial score (nSPS) is 17.4. The smallest absolute Gasteiger partial charge is 0.258 e. The summed E-state index contributed by atoms with van der Waals surface area (Å²) in [5.41, 5.74) is 2.41. The summed E-state index contributed by atoms with van der Waals surface area (Å²) in [5, 5.41) is 4.30. The molecule has 7 nitrogen and oxygen atoms in total. The number of rotatable bonds is 6. The molecule has 4 rings (SSSR count). The lowest BCUT2D eigenvalue weighted by molar-refractivity contribution is 0.0694. The Kier molecular flexibility index (Phi) is 5.11. The van der Waals surface area contributed by atoms with Crippen LogP contribution in [0.4, 0.5) is 0 Å². The summed E-state index contributed by atoms with van der Waals surface area (Å²) >= 11 is 0. The van der Waals surface area contributed by atoms with Crippen molar-refractivity contribution < 1.29 is 4.79 Å². The fourth-order valence-electron chi connectivity index (χ4n) is 3.87. The summed E-state index contributed by atoms with van der Waals surface area (Å²) in [5.74, 6) is -0.00207. The Bertz CT molecular complexity index is 909. The van der Waals surface area contributed by atoms with Crippen LogP contribution in [0.1, 0.15) is 35.7 Å². The molecule has 1 fully saturated rings. The first kappa shape index (κ1) is 17.6. The molecule has 0 aromatic carbocycles. The molecule has 1 amide bonds. The molecule has 0 N–H and O–H groups in total. The number of hydrogen-bond donors (Lipinski definition) is 0. The standard InChI is InChI=1S/C20H24N6O/c1-2-24-10-3-4-17(24)15-25(14-16-5-7-21-8-6-16)20(27)18-12-23-26-11-9-22-13-19(18)26/h5-9,11-13,17H,2-4,10,14-15H2,1H3. The van der Waals surface area contributed by atoms with Gasteiger partial charge in [-0.05, 0) is 43.6 Å². The summed E-state index contributed by atoms with van der Waals surface area (Å²) in [7, 11) is 0. The maximum Gasteiger partial charge on any atom is 0.258 e. The highest BCUT2D eigenvalue weighted by Crippen LogP contribution is 2.21. The zero-order chi connectivity index (χ0) is 18.6. The third-order valence-corrected chi connectivity index (χ3v) is 5.30. The van der Waals surface area contributed by atoms with Crippen LogP contribution in [0.25, 0.3) is 5.52 Å². The second-order valence-electron chi connectivity index (χ2n) is 6.93. The second kappa shape index (κ2) is 7.84. The number of hydrogen-bond acceptors (Lipinski definition) is 5. The maximum absolute atomic E-state index is 13.4. The van der Waals surface area contributed by atoms with Crippen molar-refractivity contribution in [2.24, 2.45) is 0 Å². The summed E-state index contributed by atoms with van der Waals surface area (Å²) in [6, 6.07) is 4.33. The number of pyridine rings is 1. The molecule has 0 saturated carbocycles. The van der Waals surface area contributed by atoms with Crippen molar-refractivity contribution in [1.82, 2.24) is 29.4 Å². The molecule has 7 heteroatoms. The molecule has 4 heterocycles. The minimum Gasteiger partial charge on any atom is -0.333 e. The predicted octanol–water partition coefficient (Wildman–Crippen LogP) is 2.25. The molecule has 3 aromatic heterocycles. The summed E-state index contributed by atoms with van der Waals surface area (Å²) < 4.78 is 1.69. The van der Waals surface area contributed by atoms with E-state index in [1.165, 1.54) is 6.42 Å². The lowest BCUT2D eigenvalue weighted by Gasteiger charge is -2.30. The molecular formula is C20H24N6O. The molecule has 27 heavy (non-hydrogen) atoms. The van der Waals surface area contributed by atoms with Crippen molar-refractivity contribution in [3.05, 3.63) is 60.4 Å². The van der Waals surface area contributed by atoms with Crippen LogP contribution in [-0.2, 0) is 6.54 Å². The Hall–Kier alpha value is -2.80. The largest absolute Gasteiger partial charge is 0.333 e. The maximum atomic E-state index is 13.4. The van der Waals surface area contributed by atoms with Crippen molar-refractivity contribution in [3.63, 3.8) is 0 Å². The van der Waals surface area contributed by atoms with Gasteiger partial charge in [0.15, 0.2) is 0 Å². The Labute approximate surface area is 158 Å². The van der Waals surface area contributed by atoms with Crippen molar-refractivity contribution in [1.29, 1.82) is 0 Å². The number of carbonyl (C=O) groups excluding carboxylic acids is 1. The van der Waals surface area contributed by atoms with Gasteiger partial charge in [0.1, 0.15) is 0 Å². The van der Waals surface area contributed by atoms with E-state index in [2.05, 4.69) is 26.9 Å². The van der Waals surface area contributed by atoms with Crippen molar-refractivity contribution >= 4 is 11.4 Å². The summed E-state index contributed by atoms with van der Waals surface area (Å²) in [4.78, 5) is 26.1. The molecule has 1 aliphatic rings. The molecule has 1 saturated heterocycles. The zero-order valence-corrected chi connectivity index (χ0v) is 15.5. The summed E-state index contributed by atoms with van der Waals surface area (Å²) in [6.07, 6.45) is 12.6. The molecule has 0 aliphatic carbocycles. The quantitative estimate of drug-likeness (QED) is 0.671. The Morgan fingerprint density at radius 3 is 2.89 bits per heavy atom. The molecule has 0 radical (unpaired) electrons. The minimum absolute atomic E-state index is 0.00207. The first-order valence-electron chi connectivity index (χ1n) is 9.46. The van der Waals surface area contributed by atoms with Gasteiger partial charge in [0, 0.05) is 43.9 Å². The molecule has 0 bridgehead atoms. The van der Waals surface area contributed by atoms with Crippen LogP contribution in [0.15, 0.2) is 49.3 Å². The van der Waals surface area contributed by atoms with Crippen LogP contribution in [-0.4, -0.2) is 61.0 Å². The topological polar surface area (TPSA) is 66.6 Å². The van der Waals surface area contributed by atoms with Crippen molar-refractivity contribution in [2.45, 2.75) is 32.4 Å². The molecule has 1 aliphatic heterocycles. The van der Waals surface area contributed by atoms with Gasteiger partial charge >= 0.3 is 0 Å². The Morgan fingerprint density at radius 2 is 2.07 bits per heavy atom. The van der Waals surface area contributed by atoms with Gasteiger partial charge in [0.25, 0.3) is 5.91 Å². The average molecular weight is 364 g/mol. The lowest BCUT2D eigenvalue weighted by Crippen LogP contribution is -2.42. The van der Waals surface area contributed by atoms with Gasteiger partial charge in [-0.3, -0.25) is 19.7 Å². The van der Waals surface area contributed by atoms with Gasteiger partial charge in [0.05, 0.1) is 23.5 Å². The third-order valence-electron chi connectivity index (χ3n) is 5.30. The van der Waals surface area contributed by atoms with Gasteiger partial charge in [-0.15, -0.1) is 0 Å². The van der Waals surface area contributed by atoms with Gasteiger partial charge in [-0.25, -0.2) is 4.52 Å². The molecule has 1 atom stereocenters. The van der Waals surface area contributed by atoms with Crippen LogP contribution in [0.3, 0.4) is 0 Å². The number of aromatic nitrogens is 4. The summed E-state index contributed by atoms with van der Waals surface area (Å²) in [6.45, 7) is 5.59. The van der Waals surface area contributed by atoms with Crippen molar-refractivity contribution in [2.75, 3.05) is 19.6 Å². The van der Waals surface area contributed by atoms with Gasteiger partial charge < -0.3 is 4.90 Å². The van der Waals surface area contributed by atoms with E-state index in [4.69, 9.17) is 0 Å². The van der Waals surface area contributed by atoms with Crippen LogP contribution < -0.4 is 0 Å². The molecule has 1 unspecified atom stereocenters. The minimum atomic E-state index is -0.00207. The highest BCUT2D eigenvalue weighted by molar-refractivity contribution is 6.00. The van der Waals surface area contributed by atoms with Crippen LogP contribution >= 0.6 is 0 Å². The number of amides is 1. The van der Waals surface area contributed by atoms with Gasteiger partial charge in [-0.2, -0.15) is 5.10 Å². The number of carbonyl (C=O) groups is 1. The number of likely N-dealkylation sites (tertiary alicyclic amines) is 1. The number of nitrogens with zero attached hydrogens (tertiary/aromatic N) is 6. The SMILES string of the molecule is CCN1CCCC1CN(Cc1ccncc1)C(=O)c1cnn2ccncc12. The Morgan fingerprint density at radius 1 is 1.22 bits per heavy atom. The van der Waals surface area contributed by atoms with Crippen LogP contribution in [0, 0.1) is 0 Å². The molecular weight excluding hydrogens is 340 g/mol. The van der Waals surface area contributed by atoms with Crippen molar-refractivity contribution in [3.8, 4) is 0 Å². The highest BCUT2D eigenvalue weighted by Gasteiger charge is 2.28. The fourth-order valence-corrected chi connectivity index (χ4v) is 3.87. The van der Waals surface area contributed by atoms with E-state index in [1.807, 2.05) is 17.0 Å². The molecule has 0 spiro atoms. The molecule has 3 aromatic rings. The predicted molar refractivity (Wildman–Crippen MR) is 102 cm³/mol. The van der Waals surface area contributed by atoms with Gasteiger partial charge in [-0.1, -0.05) is 6.92 Å². The molecule has 140 valence electrons. The van der Waals surface area contributed by atoms with E-state index in [0.717, 1.165) is 30.6 Å². The average Bonchev–Trinajstić information content (AvgIpc) is 3.34. The first-order valence-corrected chi connectivity index (χ1v) is 9.46. The van der Waals surface area contributed by atoms with E-state index >= 15 is 0 Å². The first-order chi connectivity index (χ1) is 13.3. The van der Waals surface area contributed by atoms with E-state index in [9.17, 15) is 4.79 Å². The van der Waals surface area contributed by atoms with Gasteiger partial charge in [0.2, 0.25) is 0 Å². The number of likely N-dealkylation sites (N-methyl/N-ethyl adjacent to an activating group) is 1. The Balaban J connectivity index is 1.63. The monoisotopic (exact) mass is 364 g/mol. The fraction of sp³-hybridized carbons (Fsp3) is 0.400. The number of fused-ring (bicyclic) bond motifs is 1. The van der Waals surface area contributed by atoms with E-state index in [1.54, 1.807) is 41.7 Å². The van der Waals surface area contributed by atoms with Crippen LogP contribution in [0.2, 0.25) is 0 Å². The van der Waals surface area contributed by atoms with E-state index in [-0.39, 0.29) is 5.91 Å². The zero-order valence-electron chi connectivity index (χ0n) is 15.5. The highest BCUT2D eigenvalue weighted by atomic mass is 16.2. The third kappa shape index (κ3) is 3.68. The van der Waals surface area contributed by atoms with E-state index in [0.29, 0.717) is 24.7 Å². The van der Waals surface area contributed by atoms with Crippen LogP contribution in [0.5, 0.6) is 0 Å². The lowest BCUT2D eigenvalue weighted by atomic mass is 10.1. The second-order valence-corrected chi connectivity index (χ2v) is 6.93. The van der Waals surface area contributed by atoms with E-state index < -0.39 is 0 Å².